The molecule has 0 aliphatic rings. The average molecular weight is 467 g/mol. The number of nitrogens with zero attached hydrogens (tertiary/aromatic N) is 2. The van der Waals surface area contributed by atoms with Crippen LogP contribution in [0.1, 0.15) is 11.6 Å². The van der Waals surface area contributed by atoms with Crippen LogP contribution in [0.15, 0.2) is 121 Å². The number of nitrogens with one attached hydrogen (secondary N) is 2. The maximum Gasteiger partial charge on any atom is 0.107 e. The first kappa shape index (κ1) is 21.8. The van der Waals surface area contributed by atoms with Crippen LogP contribution in [0.5, 0.6) is 0 Å². The third-order valence-electron chi connectivity index (χ3n) is 6.32. The molecule has 4 aromatic carbocycles. The van der Waals surface area contributed by atoms with E-state index in [0.29, 0.717) is 0 Å². The molecule has 0 amide bonds. The summed E-state index contributed by atoms with van der Waals surface area (Å²) in [4.78, 5) is 17.2. The van der Waals surface area contributed by atoms with Gasteiger partial charge in [-0.2, -0.15) is 0 Å². The molecule has 174 valence electrons. The summed E-state index contributed by atoms with van der Waals surface area (Å²) in [5, 5.41) is 0. The summed E-state index contributed by atoms with van der Waals surface area (Å²) in [7, 11) is 0. The Bertz CT molecular complexity index is 1320. The van der Waals surface area contributed by atoms with E-state index in [1.54, 1.807) is 0 Å². The van der Waals surface area contributed by atoms with E-state index in [1.165, 1.54) is 0 Å². The molecule has 0 unspecified atom stereocenters. The fourth-order valence-corrected chi connectivity index (χ4v) is 4.56. The van der Waals surface area contributed by atoms with Crippen LogP contribution >= 0.6 is 0 Å². The van der Waals surface area contributed by atoms with Gasteiger partial charge in [-0.05, 0) is 0 Å². The van der Waals surface area contributed by atoms with Crippen LogP contribution in [-0.2, 0) is 12.8 Å². The number of hydrogen-bond acceptors (Lipinski definition) is 2. The number of rotatable bonds is 7. The molecule has 0 saturated carbocycles. The number of hydrogen-bond donors (Lipinski definition) is 2. The predicted molar refractivity (Wildman–Crippen MR) is 146 cm³/mol. The SMILES string of the molecule is c1ccc(-c2nc(CCc3nc(-c4ccccc4)c(-c4ccccc4)[nH]3)[nH]c2-c2ccccc2)cc1. The van der Waals surface area contributed by atoms with Crippen molar-refractivity contribution < 1.29 is 0 Å². The van der Waals surface area contributed by atoms with Gasteiger partial charge in [-0.25, -0.2) is 9.97 Å². The maximum atomic E-state index is 5.02. The van der Waals surface area contributed by atoms with Gasteiger partial charge in [0.15, 0.2) is 0 Å². The van der Waals surface area contributed by atoms with Crippen LogP contribution in [0.2, 0.25) is 0 Å². The first-order chi connectivity index (χ1) is 17.8. The monoisotopic (exact) mass is 466 g/mol. The number of H-pyrrole nitrogens is 2. The molecule has 2 heterocycles. The molecule has 2 N–H and O–H groups in total. The van der Waals surface area contributed by atoms with Crippen LogP contribution in [0.3, 0.4) is 0 Å². The lowest BCUT2D eigenvalue weighted by Gasteiger charge is -2.02. The molecule has 0 saturated heterocycles. The zero-order chi connectivity index (χ0) is 24.2. The van der Waals surface area contributed by atoms with Crippen LogP contribution in [-0.4, -0.2) is 19.9 Å². The lowest BCUT2D eigenvalue weighted by molar-refractivity contribution is 0.838. The van der Waals surface area contributed by atoms with E-state index in [1.807, 2.05) is 24.3 Å². The van der Waals surface area contributed by atoms with Gasteiger partial charge in [0.25, 0.3) is 0 Å². The molecule has 6 aromatic rings. The molecule has 0 aliphatic heterocycles. The third kappa shape index (κ3) is 4.49. The van der Waals surface area contributed by atoms with Crippen molar-refractivity contribution >= 4 is 0 Å². The van der Waals surface area contributed by atoms with Crippen molar-refractivity contribution in [1.29, 1.82) is 0 Å². The topological polar surface area (TPSA) is 57.4 Å². The summed E-state index contributed by atoms with van der Waals surface area (Å²) in [6, 6.07) is 41.5. The lowest BCUT2D eigenvalue weighted by Crippen LogP contribution is -1.96. The molecule has 0 aliphatic carbocycles. The first-order valence-corrected chi connectivity index (χ1v) is 12.2. The van der Waals surface area contributed by atoms with E-state index in [9.17, 15) is 0 Å². The lowest BCUT2D eigenvalue weighted by atomic mass is 10.1. The van der Waals surface area contributed by atoms with Gasteiger partial charge in [0.2, 0.25) is 0 Å². The van der Waals surface area contributed by atoms with Crippen LogP contribution in [0.25, 0.3) is 45.0 Å². The van der Waals surface area contributed by atoms with Gasteiger partial charge in [-0.15, -0.1) is 0 Å². The van der Waals surface area contributed by atoms with Crippen molar-refractivity contribution in [3.05, 3.63) is 133 Å². The Morgan fingerprint density at radius 1 is 0.389 bits per heavy atom. The van der Waals surface area contributed by atoms with E-state index in [2.05, 4.69) is 107 Å². The molecule has 4 nitrogen and oxygen atoms in total. The van der Waals surface area contributed by atoms with Gasteiger partial charge in [-0.3, -0.25) is 0 Å². The van der Waals surface area contributed by atoms with Crippen molar-refractivity contribution in [2.45, 2.75) is 12.8 Å². The van der Waals surface area contributed by atoms with Crippen LogP contribution in [0.4, 0.5) is 0 Å². The quantitative estimate of drug-likeness (QED) is 0.255. The van der Waals surface area contributed by atoms with Gasteiger partial charge in [-0.1, -0.05) is 121 Å². The summed E-state index contributed by atoms with van der Waals surface area (Å²) in [6.45, 7) is 0. The fraction of sp³-hybridized carbons (Fsp3) is 0.0625. The second-order valence-electron chi connectivity index (χ2n) is 8.78. The Hall–Kier alpha value is -4.70. The Morgan fingerprint density at radius 2 is 0.694 bits per heavy atom. The first-order valence-electron chi connectivity index (χ1n) is 12.2. The average Bonchev–Trinajstić information content (AvgIpc) is 3.59. The molecule has 0 radical (unpaired) electrons. The molecule has 6 rings (SSSR count). The number of aryl methyl sites for hydroxylation is 2. The number of benzene rings is 4. The van der Waals surface area contributed by atoms with Gasteiger partial charge >= 0.3 is 0 Å². The van der Waals surface area contributed by atoms with Crippen molar-refractivity contribution in [2.75, 3.05) is 0 Å². The molecule has 4 heteroatoms. The summed E-state index contributed by atoms with van der Waals surface area (Å²) in [5.74, 6) is 1.90. The van der Waals surface area contributed by atoms with E-state index >= 15 is 0 Å². The Morgan fingerprint density at radius 3 is 1.03 bits per heavy atom. The summed E-state index contributed by atoms with van der Waals surface area (Å²) < 4.78 is 0. The molecular weight excluding hydrogens is 440 g/mol. The van der Waals surface area contributed by atoms with Gasteiger partial charge < -0.3 is 9.97 Å². The second kappa shape index (κ2) is 9.88. The normalized spacial score (nSPS) is 11.0. The highest BCUT2D eigenvalue weighted by Gasteiger charge is 2.17. The molecule has 2 aromatic heterocycles. The molecule has 0 bridgehead atoms. The van der Waals surface area contributed by atoms with Crippen LogP contribution < -0.4 is 0 Å². The number of aromatic amines is 2. The predicted octanol–water partition coefficient (Wildman–Crippen LogP) is 7.59. The molecular formula is C32H26N4. The zero-order valence-corrected chi connectivity index (χ0v) is 19.9. The highest BCUT2D eigenvalue weighted by Crippen LogP contribution is 2.32. The van der Waals surface area contributed by atoms with E-state index in [0.717, 1.165) is 69.5 Å². The number of imidazole rings is 2. The third-order valence-corrected chi connectivity index (χ3v) is 6.32. The van der Waals surface area contributed by atoms with E-state index in [-0.39, 0.29) is 0 Å². The van der Waals surface area contributed by atoms with Gasteiger partial charge in [0, 0.05) is 35.1 Å². The van der Waals surface area contributed by atoms with Gasteiger partial charge in [0.1, 0.15) is 11.6 Å². The number of aromatic nitrogens is 4. The minimum atomic E-state index is 0.753. The van der Waals surface area contributed by atoms with Crippen molar-refractivity contribution in [1.82, 2.24) is 19.9 Å². The maximum absolute atomic E-state index is 5.02. The van der Waals surface area contributed by atoms with Crippen LogP contribution in [0, 0.1) is 0 Å². The minimum absolute atomic E-state index is 0.753. The Labute approximate surface area is 210 Å². The molecule has 0 fully saturated rings. The Kier molecular flexibility index (Phi) is 5.99. The highest BCUT2D eigenvalue weighted by atomic mass is 15.0. The molecule has 0 spiro atoms. The highest BCUT2D eigenvalue weighted by molar-refractivity contribution is 5.79. The summed E-state index contributed by atoms with van der Waals surface area (Å²) in [5.41, 5.74) is 8.52. The standard InChI is InChI=1S/C32H26N4/c1-5-13-23(14-6-1)29-30(24-15-7-2-8-16-24)34-27(33-29)21-22-28-35-31(25-17-9-3-10-18-25)32(36-28)26-19-11-4-12-20-26/h1-20H,21-22H2,(H,33,34)(H,35,36). The summed E-state index contributed by atoms with van der Waals surface area (Å²) in [6.07, 6.45) is 1.51. The largest absolute Gasteiger partial charge is 0.341 e. The second-order valence-corrected chi connectivity index (χ2v) is 8.78. The van der Waals surface area contributed by atoms with Crippen molar-refractivity contribution in [3.63, 3.8) is 0 Å². The van der Waals surface area contributed by atoms with E-state index < -0.39 is 0 Å². The van der Waals surface area contributed by atoms with E-state index in [4.69, 9.17) is 9.97 Å². The zero-order valence-electron chi connectivity index (χ0n) is 19.9. The van der Waals surface area contributed by atoms with Gasteiger partial charge in [0.05, 0.1) is 22.8 Å². The smallest absolute Gasteiger partial charge is 0.107 e. The van der Waals surface area contributed by atoms with Crippen molar-refractivity contribution in [2.24, 2.45) is 0 Å². The molecule has 0 atom stereocenters. The van der Waals surface area contributed by atoms with Crippen molar-refractivity contribution in [3.8, 4) is 45.0 Å². The molecule has 36 heavy (non-hydrogen) atoms. The summed E-state index contributed by atoms with van der Waals surface area (Å²) >= 11 is 0. The fourth-order valence-electron chi connectivity index (χ4n) is 4.56. The Balaban J connectivity index is 1.33. The minimum Gasteiger partial charge on any atom is -0.341 e.